The van der Waals surface area contributed by atoms with Crippen LogP contribution < -0.4 is 10.1 Å². The predicted octanol–water partition coefficient (Wildman–Crippen LogP) is 3.29. The van der Waals surface area contributed by atoms with Crippen molar-refractivity contribution in [2.45, 2.75) is 38.9 Å². The number of hydrogen-bond acceptors (Lipinski definition) is 4. The van der Waals surface area contributed by atoms with Gasteiger partial charge < -0.3 is 15.0 Å². The molecule has 0 spiro atoms. The highest BCUT2D eigenvalue weighted by molar-refractivity contribution is 5.74. The number of amides is 2. The number of aromatic nitrogens is 1. The van der Waals surface area contributed by atoms with Crippen molar-refractivity contribution in [3.05, 3.63) is 59.9 Å². The first kappa shape index (κ1) is 20.1. The highest BCUT2D eigenvalue weighted by atomic mass is 16.5. The maximum Gasteiger partial charge on any atom is 0.318 e. The lowest BCUT2D eigenvalue weighted by Gasteiger charge is -2.27. The van der Waals surface area contributed by atoms with Crippen molar-refractivity contribution < 1.29 is 9.53 Å². The minimum absolute atomic E-state index is 0.0515. The predicted molar refractivity (Wildman–Crippen MR) is 110 cm³/mol. The van der Waals surface area contributed by atoms with Gasteiger partial charge in [-0.1, -0.05) is 25.1 Å². The zero-order valence-electron chi connectivity index (χ0n) is 16.8. The first-order chi connectivity index (χ1) is 13.7. The SMILES string of the molecule is CCN1CCC[C@H]1CNC(=O)N(Cc1ccc(OC)cc1)Cc1ccccn1. The van der Waals surface area contributed by atoms with Crippen LogP contribution >= 0.6 is 0 Å². The smallest absolute Gasteiger partial charge is 0.318 e. The van der Waals surface area contributed by atoms with E-state index in [1.54, 1.807) is 13.3 Å². The molecule has 28 heavy (non-hydrogen) atoms. The van der Waals surface area contributed by atoms with Crippen LogP contribution in [0.25, 0.3) is 0 Å². The van der Waals surface area contributed by atoms with Gasteiger partial charge in [-0.05, 0) is 55.8 Å². The minimum atomic E-state index is -0.0515. The number of hydrogen-bond donors (Lipinski definition) is 1. The fourth-order valence-electron chi connectivity index (χ4n) is 3.70. The maximum absolute atomic E-state index is 13.0. The van der Waals surface area contributed by atoms with E-state index in [1.165, 1.54) is 6.42 Å². The Bertz CT molecular complexity index is 736. The van der Waals surface area contributed by atoms with E-state index >= 15 is 0 Å². The zero-order valence-corrected chi connectivity index (χ0v) is 16.8. The van der Waals surface area contributed by atoms with E-state index in [4.69, 9.17) is 4.74 Å². The van der Waals surface area contributed by atoms with Gasteiger partial charge in [0.1, 0.15) is 5.75 Å². The van der Waals surface area contributed by atoms with Gasteiger partial charge in [-0.3, -0.25) is 9.88 Å². The number of methoxy groups -OCH3 is 1. The summed E-state index contributed by atoms with van der Waals surface area (Å²) < 4.78 is 5.23. The van der Waals surface area contributed by atoms with Crippen molar-refractivity contribution in [3.8, 4) is 5.75 Å². The molecule has 1 fully saturated rings. The van der Waals surface area contributed by atoms with E-state index in [2.05, 4.69) is 22.1 Å². The third-order valence-corrected chi connectivity index (χ3v) is 5.29. The number of carbonyl (C=O) groups excluding carboxylic acids is 1. The van der Waals surface area contributed by atoms with Gasteiger partial charge in [-0.25, -0.2) is 4.79 Å². The zero-order chi connectivity index (χ0) is 19.8. The molecular formula is C22H30N4O2. The number of ether oxygens (including phenoxy) is 1. The summed E-state index contributed by atoms with van der Waals surface area (Å²) in [6, 6.07) is 14.0. The number of urea groups is 1. The quantitative estimate of drug-likeness (QED) is 0.761. The molecular weight excluding hydrogens is 352 g/mol. The standard InChI is InChI=1S/C22H30N4O2/c1-3-25-14-6-8-20(25)15-24-22(27)26(17-19-7-4-5-13-23-19)16-18-9-11-21(28-2)12-10-18/h4-5,7,9-13,20H,3,6,8,14-17H2,1-2H3,(H,24,27)/t20-/m0/s1. The molecule has 6 nitrogen and oxygen atoms in total. The Kier molecular flexibility index (Phi) is 7.25. The topological polar surface area (TPSA) is 57.7 Å². The number of pyridine rings is 1. The molecule has 1 N–H and O–H groups in total. The van der Waals surface area contributed by atoms with Crippen LogP contribution in [0.3, 0.4) is 0 Å². The summed E-state index contributed by atoms with van der Waals surface area (Å²) in [5.74, 6) is 0.811. The number of rotatable bonds is 8. The Hall–Kier alpha value is -2.60. The van der Waals surface area contributed by atoms with E-state index < -0.39 is 0 Å². The van der Waals surface area contributed by atoms with Gasteiger partial charge in [0.15, 0.2) is 0 Å². The fraction of sp³-hybridized carbons (Fsp3) is 0.455. The van der Waals surface area contributed by atoms with Crippen molar-refractivity contribution in [1.29, 1.82) is 0 Å². The van der Waals surface area contributed by atoms with E-state index in [0.717, 1.165) is 36.5 Å². The van der Waals surface area contributed by atoms with Gasteiger partial charge in [0, 0.05) is 25.3 Å². The molecule has 150 valence electrons. The molecule has 0 saturated carbocycles. The molecule has 3 rings (SSSR count). The number of benzene rings is 1. The molecule has 1 aliphatic heterocycles. The van der Waals surface area contributed by atoms with Crippen LogP contribution in [-0.4, -0.2) is 53.6 Å². The molecule has 0 bridgehead atoms. The summed E-state index contributed by atoms with van der Waals surface area (Å²) in [5.41, 5.74) is 1.94. The number of nitrogens with zero attached hydrogens (tertiary/aromatic N) is 3. The normalized spacial score (nSPS) is 16.7. The first-order valence-corrected chi connectivity index (χ1v) is 9.99. The van der Waals surface area contributed by atoms with Crippen LogP contribution in [0, 0.1) is 0 Å². The molecule has 2 aromatic rings. The highest BCUT2D eigenvalue weighted by Crippen LogP contribution is 2.17. The van der Waals surface area contributed by atoms with Crippen LogP contribution in [0.15, 0.2) is 48.7 Å². The van der Waals surface area contributed by atoms with Crippen molar-refractivity contribution >= 4 is 6.03 Å². The summed E-state index contributed by atoms with van der Waals surface area (Å²) in [6.45, 7) is 6.02. The Morgan fingerprint density at radius 1 is 1.25 bits per heavy atom. The van der Waals surface area contributed by atoms with Crippen molar-refractivity contribution in [2.75, 3.05) is 26.7 Å². The molecule has 1 aromatic carbocycles. The van der Waals surface area contributed by atoms with Crippen LogP contribution in [0.5, 0.6) is 5.75 Å². The second-order valence-electron chi connectivity index (χ2n) is 7.14. The van der Waals surface area contributed by atoms with Gasteiger partial charge in [-0.2, -0.15) is 0 Å². The number of likely N-dealkylation sites (tertiary alicyclic amines) is 1. The van der Waals surface area contributed by atoms with Gasteiger partial charge >= 0.3 is 6.03 Å². The third-order valence-electron chi connectivity index (χ3n) is 5.29. The van der Waals surface area contributed by atoms with Gasteiger partial charge in [0.25, 0.3) is 0 Å². The number of likely N-dealkylation sites (N-methyl/N-ethyl adjacent to an activating group) is 1. The maximum atomic E-state index is 13.0. The van der Waals surface area contributed by atoms with Crippen LogP contribution in [-0.2, 0) is 13.1 Å². The Labute approximate surface area is 167 Å². The van der Waals surface area contributed by atoms with Gasteiger partial charge in [0.2, 0.25) is 0 Å². The van der Waals surface area contributed by atoms with E-state index in [1.807, 2.05) is 47.4 Å². The molecule has 0 unspecified atom stereocenters. The monoisotopic (exact) mass is 382 g/mol. The van der Waals surface area contributed by atoms with Gasteiger partial charge in [-0.15, -0.1) is 0 Å². The average Bonchev–Trinajstić information content (AvgIpc) is 3.20. The summed E-state index contributed by atoms with van der Waals surface area (Å²) in [7, 11) is 1.65. The lowest BCUT2D eigenvalue weighted by atomic mass is 10.2. The highest BCUT2D eigenvalue weighted by Gasteiger charge is 2.24. The van der Waals surface area contributed by atoms with Crippen molar-refractivity contribution in [2.24, 2.45) is 0 Å². The van der Waals surface area contributed by atoms with E-state index in [-0.39, 0.29) is 6.03 Å². The molecule has 1 atom stereocenters. The van der Waals surface area contributed by atoms with Crippen LogP contribution in [0.1, 0.15) is 31.0 Å². The molecule has 2 amide bonds. The lowest BCUT2D eigenvalue weighted by molar-refractivity contribution is 0.185. The summed E-state index contributed by atoms with van der Waals surface area (Å²) in [5, 5.41) is 3.14. The third kappa shape index (κ3) is 5.45. The van der Waals surface area contributed by atoms with E-state index in [0.29, 0.717) is 25.7 Å². The molecule has 1 aromatic heterocycles. The van der Waals surface area contributed by atoms with E-state index in [9.17, 15) is 4.79 Å². The molecule has 1 aliphatic rings. The Balaban J connectivity index is 1.66. The Morgan fingerprint density at radius 2 is 2.07 bits per heavy atom. The minimum Gasteiger partial charge on any atom is -0.497 e. The molecule has 6 heteroatoms. The first-order valence-electron chi connectivity index (χ1n) is 9.99. The lowest BCUT2D eigenvalue weighted by Crippen LogP contribution is -2.45. The molecule has 0 aliphatic carbocycles. The van der Waals surface area contributed by atoms with Crippen LogP contribution in [0.2, 0.25) is 0 Å². The number of nitrogens with one attached hydrogen (secondary N) is 1. The summed E-state index contributed by atoms with van der Waals surface area (Å²) >= 11 is 0. The largest absolute Gasteiger partial charge is 0.497 e. The summed E-state index contributed by atoms with van der Waals surface area (Å²) in [6.07, 6.45) is 4.11. The van der Waals surface area contributed by atoms with Crippen LogP contribution in [0.4, 0.5) is 4.79 Å². The average molecular weight is 383 g/mol. The Morgan fingerprint density at radius 3 is 2.75 bits per heavy atom. The molecule has 1 saturated heterocycles. The number of carbonyl (C=O) groups is 1. The molecule has 0 radical (unpaired) electrons. The fourth-order valence-corrected chi connectivity index (χ4v) is 3.70. The molecule has 2 heterocycles. The van der Waals surface area contributed by atoms with Crippen molar-refractivity contribution in [3.63, 3.8) is 0 Å². The van der Waals surface area contributed by atoms with Crippen molar-refractivity contribution in [1.82, 2.24) is 20.1 Å². The second-order valence-corrected chi connectivity index (χ2v) is 7.14. The van der Waals surface area contributed by atoms with Gasteiger partial charge in [0.05, 0.1) is 19.3 Å². The summed E-state index contributed by atoms with van der Waals surface area (Å²) in [4.78, 5) is 21.6. The second kappa shape index (κ2) is 10.1.